The SMILES string of the molecule is Cc1ccc(CC(CCl)(CCl)c2cccc(F)c2)c(Cl)c1. The van der Waals surface area contributed by atoms with E-state index in [1.807, 2.05) is 31.2 Å². The summed E-state index contributed by atoms with van der Waals surface area (Å²) >= 11 is 18.7. The molecule has 0 aromatic heterocycles. The summed E-state index contributed by atoms with van der Waals surface area (Å²) < 4.78 is 13.5. The average molecular weight is 346 g/mol. The fourth-order valence-corrected chi connectivity index (χ4v) is 3.45. The van der Waals surface area contributed by atoms with Gasteiger partial charge in [0.1, 0.15) is 5.82 Å². The molecule has 0 spiro atoms. The van der Waals surface area contributed by atoms with Gasteiger partial charge in [-0.15, -0.1) is 23.2 Å². The Morgan fingerprint density at radius 2 is 1.76 bits per heavy atom. The van der Waals surface area contributed by atoms with Crippen LogP contribution in [0.5, 0.6) is 0 Å². The van der Waals surface area contributed by atoms with E-state index in [-0.39, 0.29) is 5.82 Å². The van der Waals surface area contributed by atoms with Crippen LogP contribution in [0.4, 0.5) is 4.39 Å². The zero-order chi connectivity index (χ0) is 15.5. The molecule has 0 amide bonds. The Bertz CT molecular complexity index is 621. The van der Waals surface area contributed by atoms with Gasteiger partial charge in [-0.1, -0.05) is 35.9 Å². The number of alkyl halides is 2. The summed E-state index contributed by atoms with van der Waals surface area (Å²) in [7, 11) is 0. The van der Waals surface area contributed by atoms with Gasteiger partial charge in [-0.25, -0.2) is 4.39 Å². The molecule has 0 atom stereocenters. The summed E-state index contributed by atoms with van der Waals surface area (Å²) in [6.45, 7) is 1.98. The standard InChI is InChI=1S/C17H16Cl3F/c1-12-5-6-13(16(20)7-12)9-17(10-18,11-19)14-3-2-4-15(21)8-14/h2-8H,9-11H2,1H3. The Balaban J connectivity index is 2.43. The molecule has 2 rings (SSSR count). The van der Waals surface area contributed by atoms with Crippen LogP contribution in [0.25, 0.3) is 0 Å². The maximum absolute atomic E-state index is 13.5. The third-order valence-corrected chi connectivity index (χ3v) is 5.06. The molecule has 0 unspecified atom stereocenters. The first-order chi connectivity index (χ1) is 10.0. The zero-order valence-corrected chi connectivity index (χ0v) is 13.9. The smallest absolute Gasteiger partial charge is 0.123 e. The molecule has 2 aromatic carbocycles. The first-order valence-corrected chi connectivity index (χ1v) is 8.08. The Kier molecular flexibility index (Phi) is 5.54. The molecule has 112 valence electrons. The second-order valence-corrected chi connectivity index (χ2v) is 6.27. The van der Waals surface area contributed by atoms with Crippen LogP contribution >= 0.6 is 34.8 Å². The molecule has 0 aliphatic heterocycles. The van der Waals surface area contributed by atoms with Crippen molar-refractivity contribution in [2.45, 2.75) is 18.8 Å². The van der Waals surface area contributed by atoms with Gasteiger partial charge in [-0.2, -0.15) is 0 Å². The first-order valence-electron chi connectivity index (χ1n) is 6.64. The van der Waals surface area contributed by atoms with E-state index in [4.69, 9.17) is 34.8 Å². The highest BCUT2D eigenvalue weighted by atomic mass is 35.5. The Morgan fingerprint density at radius 1 is 1.05 bits per heavy atom. The molecular weight excluding hydrogens is 330 g/mol. The van der Waals surface area contributed by atoms with E-state index in [1.165, 1.54) is 12.1 Å². The fourth-order valence-electron chi connectivity index (χ4n) is 2.37. The van der Waals surface area contributed by atoms with Crippen molar-refractivity contribution in [2.75, 3.05) is 11.8 Å². The van der Waals surface area contributed by atoms with Crippen LogP contribution in [-0.4, -0.2) is 11.8 Å². The second kappa shape index (κ2) is 7.00. The Labute approximate surface area is 139 Å². The van der Waals surface area contributed by atoms with E-state index < -0.39 is 5.41 Å². The normalized spacial score (nSPS) is 11.7. The van der Waals surface area contributed by atoms with Gasteiger partial charge in [0, 0.05) is 22.2 Å². The molecule has 0 heterocycles. The predicted octanol–water partition coefficient (Wildman–Crippen LogP) is 5.75. The maximum Gasteiger partial charge on any atom is 0.123 e. The summed E-state index contributed by atoms with van der Waals surface area (Å²) in [4.78, 5) is 0. The lowest BCUT2D eigenvalue weighted by Crippen LogP contribution is -2.33. The summed E-state index contributed by atoms with van der Waals surface area (Å²) in [5.41, 5.74) is 2.32. The molecule has 0 radical (unpaired) electrons. The van der Waals surface area contributed by atoms with E-state index in [1.54, 1.807) is 6.07 Å². The van der Waals surface area contributed by atoms with Crippen molar-refractivity contribution in [3.63, 3.8) is 0 Å². The number of halogens is 4. The summed E-state index contributed by atoms with van der Waals surface area (Å²) in [6, 6.07) is 12.3. The molecule has 0 N–H and O–H groups in total. The quantitative estimate of drug-likeness (QED) is 0.606. The van der Waals surface area contributed by atoms with Crippen molar-refractivity contribution in [2.24, 2.45) is 0 Å². The molecule has 0 nitrogen and oxygen atoms in total. The number of hydrogen-bond donors (Lipinski definition) is 0. The highest BCUT2D eigenvalue weighted by Gasteiger charge is 2.32. The van der Waals surface area contributed by atoms with Gasteiger partial charge >= 0.3 is 0 Å². The topological polar surface area (TPSA) is 0 Å². The number of rotatable bonds is 5. The zero-order valence-electron chi connectivity index (χ0n) is 11.7. The minimum atomic E-state index is -0.538. The third-order valence-electron chi connectivity index (χ3n) is 3.69. The van der Waals surface area contributed by atoms with E-state index in [0.29, 0.717) is 23.2 Å². The van der Waals surface area contributed by atoms with Crippen molar-refractivity contribution in [1.82, 2.24) is 0 Å². The van der Waals surface area contributed by atoms with Gasteiger partial charge in [0.15, 0.2) is 0 Å². The monoisotopic (exact) mass is 344 g/mol. The Morgan fingerprint density at radius 3 is 2.33 bits per heavy atom. The van der Waals surface area contributed by atoms with Crippen molar-refractivity contribution in [3.8, 4) is 0 Å². The lowest BCUT2D eigenvalue weighted by molar-refractivity contribution is 0.528. The average Bonchev–Trinajstić information content (AvgIpc) is 2.47. The van der Waals surface area contributed by atoms with Crippen molar-refractivity contribution >= 4 is 34.8 Å². The summed E-state index contributed by atoms with van der Waals surface area (Å²) in [6.07, 6.45) is 0.572. The van der Waals surface area contributed by atoms with Crippen molar-refractivity contribution in [3.05, 3.63) is 70.0 Å². The second-order valence-electron chi connectivity index (χ2n) is 5.33. The van der Waals surface area contributed by atoms with Crippen LogP contribution in [0.2, 0.25) is 5.02 Å². The first kappa shape index (κ1) is 16.6. The molecule has 0 saturated heterocycles. The van der Waals surface area contributed by atoms with Crippen molar-refractivity contribution < 1.29 is 4.39 Å². The van der Waals surface area contributed by atoms with Gasteiger partial charge < -0.3 is 0 Å². The highest BCUT2D eigenvalue weighted by Crippen LogP contribution is 2.34. The molecule has 2 aromatic rings. The third kappa shape index (κ3) is 3.71. The molecular formula is C17H16Cl3F. The van der Waals surface area contributed by atoms with E-state index >= 15 is 0 Å². The molecule has 0 aliphatic rings. The molecule has 21 heavy (non-hydrogen) atoms. The lowest BCUT2D eigenvalue weighted by Gasteiger charge is -2.31. The molecule has 0 bridgehead atoms. The fraction of sp³-hybridized carbons (Fsp3) is 0.294. The van der Waals surface area contributed by atoms with Gasteiger partial charge in [0.25, 0.3) is 0 Å². The van der Waals surface area contributed by atoms with E-state index in [2.05, 4.69) is 0 Å². The summed E-state index contributed by atoms with van der Waals surface area (Å²) in [5.74, 6) is 0.302. The van der Waals surface area contributed by atoms with Crippen LogP contribution < -0.4 is 0 Å². The number of hydrogen-bond acceptors (Lipinski definition) is 0. The number of benzene rings is 2. The minimum Gasteiger partial charge on any atom is -0.207 e. The summed E-state index contributed by atoms with van der Waals surface area (Å²) in [5, 5.41) is 0.686. The largest absolute Gasteiger partial charge is 0.207 e. The predicted molar refractivity (Wildman–Crippen MR) is 89.4 cm³/mol. The van der Waals surface area contributed by atoms with Crippen LogP contribution in [0.3, 0.4) is 0 Å². The Hall–Kier alpha value is -0.760. The molecule has 0 fully saturated rings. The molecule has 4 heteroatoms. The van der Waals surface area contributed by atoms with Crippen molar-refractivity contribution in [1.29, 1.82) is 0 Å². The maximum atomic E-state index is 13.5. The van der Waals surface area contributed by atoms with Gasteiger partial charge in [0.05, 0.1) is 0 Å². The van der Waals surface area contributed by atoms with Crippen LogP contribution in [0, 0.1) is 12.7 Å². The minimum absolute atomic E-state index is 0.290. The van der Waals surface area contributed by atoms with Crippen LogP contribution in [0.15, 0.2) is 42.5 Å². The van der Waals surface area contributed by atoms with Crippen LogP contribution in [0.1, 0.15) is 16.7 Å². The van der Waals surface area contributed by atoms with Gasteiger partial charge in [-0.3, -0.25) is 0 Å². The molecule has 0 saturated carbocycles. The lowest BCUT2D eigenvalue weighted by atomic mass is 9.78. The van der Waals surface area contributed by atoms with Crippen LogP contribution in [-0.2, 0) is 11.8 Å². The van der Waals surface area contributed by atoms with Gasteiger partial charge in [0.2, 0.25) is 0 Å². The van der Waals surface area contributed by atoms with Gasteiger partial charge in [-0.05, 0) is 48.2 Å². The molecule has 0 aliphatic carbocycles. The highest BCUT2D eigenvalue weighted by molar-refractivity contribution is 6.31. The van der Waals surface area contributed by atoms with E-state index in [9.17, 15) is 4.39 Å². The number of aryl methyl sites for hydroxylation is 1. The van der Waals surface area contributed by atoms with E-state index in [0.717, 1.165) is 16.7 Å².